The summed E-state index contributed by atoms with van der Waals surface area (Å²) in [6, 6.07) is 6.11. The number of hydrogen-bond acceptors (Lipinski definition) is 2. The highest BCUT2D eigenvalue weighted by Crippen LogP contribution is 2.21. The Hall–Kier alpha value is -0.890. The predicted octanol–water partition coefficient (Wildman–Crippen LogP) is 3.53. The van der Waals surface area contributed by atoms with E-state index in [1.54, 1.807) is 0 Å². The summed E-state index contributed by atoms with van der Waals surface area (Å²) in [5.41, 5.74) is 1.15. The van der Waals surface area contributed by atoms with Crippen LogP contribution in [0.3, 0.4) is 0 Å². The lowest BCUT2D eigenvalue weighted by Crippen LogP contribution is -2.23. The van der Waals surface area contributed by atoms with Crippen LogP contribution >= 0.6 is 0 Å². The minimum absolute atomic E-state index is 0.888. The van der Waals surface area contributed by atoms with Crippen LogP contribution in [0.1, 0.15) is 50.6 Å². The molecule has 1 saturated carbocycles. The highest BCUT2D eigenvalue weighted by atomic mass is 14.9. The van der Waals surface area contributed by atoms with Gasteiger partial charge < -0.3 is 5.32 Å². The van der Waals surface area contributed by atoms with Crippen LogP contribution in [0.15, 0.2) is 24.4 Å². The molecule has 1 fully saturated rings. The third-order valence-electron chi connectivity index (χ3n) is 3.69. The maximum absolute atomic E-state index is 4.33. The number of rotatable bonds is 4. The van der Waals surface area contributed by atoms with E-state index in [0.717, 1.165) is 24.7 Å². The smallest absolute Gasteiger partial charge is 0.0541 e. The third-order valence-corrected chi connectivity index (χ3v) is 3.69. The van der Waals surface area contributed by atoms with Crippen LogP contribution < -0.4 is 5.32 Å². The van der Waals surface area contributed by atoms with Gasteiger partial charge in [0, 0.05) is 12.7 Å². The van der Waals surface area contributed by atoms with Crippen molar-refractivity contribution >= 4 is 0 Å². The molecule has 2 heteroatoms. The van der Waals surface area contributed by atoms with Crippen molar-refractivity contribution in [3.63, 3.8) is 0 Å². The van der Waals surface area contributed by atoms with Gasteiger partial charge in [0.15, 0.2) is 0 Å². The number of nitrogens with zero attached hydrogens (tertiary/aromatic N) is 1. The molecule has 0 atom stereocenters. The highest BCUT2D eigenvalue weighted by molar-refractivity contribution is 5.02. The molecule has 1 aliphatic rings. The molecule has 0 spiro atoms. The Kier molecular flexibility index (Phi) is 5.50. The molecule has 1 N–H and O–H groups in total. The van der Waals surface area contributed by atoms with Gasteiger partial charge in [0.05, 0.1) is 5.69 Å². The first kappa shape index (κ1) is 12.6. The zero-order valence-corrected chi connectivity index (χ0v) is 10.7. The summed E-state index contributed by atoms with van der Waals surface area (Å²) < 4.78 is 0. The lowest BCUT2D eigenvalue weighted by atomic mass is 9.91. The minimum Gasteiger partial charge on any atom is -0.311 e. The van der Waals surface area contributed by atoms with Gasteiger partial charge in [-0.2, -0.15) is 0 Å². The molecule has 1 aromatic heterocycles. The SMILES string of the molecule is c1ccc(CNCC2CCCCCCC2)nc1. The maximum Gasteiger partial charge on any atom is 0.0541 e. The summed E-state index contributed by atoms with van der Waals surface area (Å²) in [6.07, 6.45) is 11.9. The summed E-state index contributed by atoms with van der Waals surface area (Å²) in [6.45, 7) is 2.08. The second-order valence-electron chi connectivity index (χ2n) is 5.16. The van der Waals surface area contributed by atoms with Gasteiger partial charge in [-0.1, -0.05) is 38.2 Å². The Labute approximate surface area is 105 Å². The van der Waals surface area contributed by atoms with Crippen LogP contribution in [-0.2, 0) is 6.54 Å². The standard InChI is InChI=1S/C15H24N2/c1-2-4-8-14(9-5-3-1)12-16-13-15-10-6-7-11-17-15/h6-7,10-11,14,16H,1-5,8-9,12-13H2. The van der Waals surface area contributed by atoms with Crippen LogP contribution in [0, 0.1) is 5.92 Å². The fraction of sp³-hybridized carbons (Fsp3) is 0.667. The Morgan fingerprint density at radius 1 is 1.06 bits per heavy atom. The van der Waals surface area contributed by atoms with Crippen LogP contribution in [0.4, 0.5) is 0 Å². The molecule has 0 aliphatic heterocycles. The van der Waals surface area contributed by atoms with Gasteiger partial charge in [-0.05, 0) is 37.4 Å². The van der Waals surface area contributed by atoms with E-state index in [0.29, 0.717) is 0 Å². The predicted molar refractivity (Wildman–Crippen MR) is 71.8 cm³/mol. The first-order chi connectivity index (χ1) is 8.45. The van der Waals surface area contributed by atoms with Crippen molar-refractivity contribution in [3.05, 3.63) is 30.1 Å². The summed E-state index contributed by atoms with van der Waals surface area (Å²) >= 11 is 0. The quantitative estimate of drug-likeness (QED) is 0.859. The maximum atomic E-state index is 4.33. The number of aromatic nitrogens is 1. The molecule has 0 saturated heterocycles. The fourth-order valence-corrected chi connectivity index (χ4v) is 2.65. The molecule has 17 heavy (non-hydrogen) atoms. The second-order valence-corrected chi connectivity index (χ2v) is 5.16. The zero-order chi connectivity index (χ0) is 11.8. The zero-order valence-electron chi connectivity index (χ0n) is 10.7. The summed E-state index contributed by atoms with van der Waals surface area (Å²) in [5.74, 6) is 0.888. The van der Waals surface area contributed by atoms with Crippen LogP contribution in [0.25, 0.3) is 0 Å². The largest absolute Gasteiger partial charge is 0.311 e. The van der Waals surface area contributed by atoms with E-state index in [1.165, 1.54) is 44.9 Å². The lowest BCUT2D eigenvalue weighted by molar-refractivity contribution is 0.360. The summed E-state index contributed by atoms with van der Waals surface area (Å²) in [4.78, 5) is 4.33. The molecule has 0 unspecified atom stereocenters. The van der Waals surface area contributed by atoms with Crippen LogP contribution in [-0.4, -0.2) is 11.5 Å². The number of nitrogens with one attached hydrogen (secondary N) is 1. The van der Waals surface area contributed by atoms with Gasteiger partial charge in [-0.15, -0.1) is 0 Å². The molecule has 1 heterocycles. The molecule has 94 valence electrons. The molecule has 0 radical (unpaired) electrons. The van der Waals surface area contributed by atoms with E-state index in [4.69, 9.17) is 0 Å². The Morgan fingerprint density at radius 2 is 1.82 bits per heavy atom. The van der Waals surface area contributed by atoms with Gasteiger partial charge in [0.1, 0.15) is 0 Å². The monoisotopic (exact) mass is 232 g/mol. The molecular formula is C15H24N2. The Morgan fingerprint density at radius 3 is 2.53 bits per heavy atom. The molecular weight excluding hydrogens is 208 g/mol. The number of pyridine rings is 1. The molecule has 0 bridgehead atoms. The van der Waals surface area contributed by atoms with E-state index in [9.17, 15) is 0 Å². The van der Waals surface area contributed by atoms with E-state index in [2.05, 4.69) is 22.4 Å². The number of hydrogen-bond donors (Lipinski definition) is 1. The van der Waals surface area contributed by atoms with Crippen molar-refractivity contribution < 1.29 is 0 Å². The van der Waals surface area contributed by atoms with Gasteiger partial charge >= 0.3 is 0 Å². The van der Waals surface area contributed by atoms with Gasteiger partial charge in [-0.25, -0.2) is 0 Å². The molecule has 1 aliphatic carbocycles. The topological polar surface area (TPSA) is 24.9 Å². The minimum atomic E-state index is 0.888. The summed E-state index contributed by atoms with van der Waals surface area (Å²) in [5, 5.41) is 3.56. The molecule has 2 nitrogen and oxygen atoms in total. The molecule has 2 rings (SSSR count). The van der Waals surface area contributed by atoms with Crippen molar-refractivity contribution in [1.29, 1.82) is 0 Å². The first-order valence-electron chi connectivity index (χ1n) is 7.06. The highest BCUT2D eigenvalue weighted by Gasteiger charge is 2.10. The lowest BCUT2D eigenvalue weighted by Gasteiger charge is -2.19. The van der Waals surface area contributed by atoms with Crippen molar-refractivity contribution in [1.82, 2.24) is 10.3 Å². The van der Waals surface area contributed by atoms with Crippen LogP contribution in [0.5, 0.6) is 0 Å². The molecule has 1 aromatic rings. The van der Waals surface area contributed by atoms with E-state index >= 15 is 0 Å². The Balaban J connectivity index is 1.66. The van der Waals surface area contributed by atoms with Gasteiger partial charge in [-0.3, -0.25) is 4.98 Å². The average Bonchev–Trinajstić information content (AvgIpc) is 2.33. The van der Waals surface area contributed by atoms with E-state index in [1.807, 2.05) is 12.3 Å². The average molecular weight is 232 g/mol. The molecule has 0 aromatic carbocycles. The van der Waals surface area contributed by atoms with Crippen molar-refractivity contribution in [2.24, 2.45) is 5.92 Å². The molecule has 0 amide bonds. The Bertz CT molecular complexity index is 289. The fourth-order valence-electron chi connectivity index (χ4n) is 2.65. The van der Waals surface area contributed by atoms with Crippen molar-refractivity contribution in [3.8, 4) is 0 Å². The van der Waals surface area contributed by atoms with Crippen LogP contribution in [0.2, 0.25) is 0 Å². The first-order valence-corrected chi connectivity index (χ1v) is 7.06. The van der Waals surface area contributed by atoms with Gasteiger partial charge in [0.2, 0.25) is 0 Å². The second kappa shape index (κ2) is 7.44. The normalized spacial score (nSPS) is 18.6. The van der Waals surface area contributed by atoms with E-state index in [-0.39, 0.29) is 0 Å². The van der Waals surface area contributed by atoms with Gasteiger partial charge in [0.25, 0.3) is 0 Å². The van der Waals surface area contributed by atoms with Crippen molar-refractivity contribution in [2.75, 3.05) is 6.54 Å². The van der Waals surface area contributed by atoms with Crippen molar-refractivity contribution in [2.45, 2.75) is 51.5 Å². The third kappa shape index (κ3) is 4.86. The van der Waals surface area contributed by atoms with E-state index < -0.39 is 0 Å². The summed E-state index contributed by atoms with van der Waals surface area (Å²) in [7, 11) is 0.